The number of nitrogens with two attached hydrogens (primary N) is 1. The van der Waals surface area contributed by atoms with E-state index in [1.165, 1.54) is 0 Å². The number of nitrogens with one attached hydrogen (secondary N) is 1. The highest BCUT2D eigenvalue weighted by molar-refractivity contribution is 9.11. The van der Waals surface area contributed by atoms with E-state index in [1.54, 1.807) is 37.4 Å². The molecule has 2 aromatic rings. The number of hydrogen-bond donors (Lipinski definition) is 2. The van der Waals surface area contributed by atoms with Crippen molar-refractivity contribution in [2.24, 2.45) is 0 Å². The number of benzene rings is 2. The Balaban J connectivity index is 2.23. The Labute approximate surface area is 133 Å². The van der Waals surface area contributed by atoms with Gasteiger partial charge in [0.05, 0.1) is 18.5 Å². The molecule has 0 radical (unpaired) electrons. The van der Waals surface area contributed by atoms with Crippen LogP contribution in [0, 0.1) is 0 Å². The average Bonchev–Trinajstić information content (AvgIpc) is 2.42. The summed E-state index contributed by atoms with van der Waals surface area (Å²) in [6.45, 7) is 0. The Morgan fingerprint density at radius 1 is 1.20 bits per heavy atom. The van der Waals surface area contributed by atoms with Gasteiger partial charge in [0.25, 0.3) is 5.91 Å². The molecule has 3 N–H and O–H groups in total. The number of nitrogen functional groups attached to an aromatic ring is 1. The normalized spacial score (nSPS) is 10.2. The number of anilines is 2. The van der Waals surface area contributed by atoms with Crippen molar-refractivity contribution in [1.82, 2.24) is 0 Å². The van der Waals surface area contributed by atoms with Gasteiger partial charge in [-0.2, -0.15) is 0 Å². The van der Waals surface area contributed by atoms with Crippen LogP contribution in [0.1, 0.15) is 10.4 Å². The zero-order chi connectivity index (χ0) is 14.7. The standard InChI is InChI=1S/C14H12Br2N2O2/c1-20-10-4-2-8(3-5-10)14(19)18-13-11(16)6-9(15)7-12(13)17/h2-7H,17H2,1H3,(H,18,19). The Kier molecular flexibility index (Phi) is 4.67. The topological polar surface area (TPSA) is 64.3 Å². The fourth-order valence-electron chi connectivity index (χ4n) is 1.65. The zero-order valence-corrected chi connectivity index (χ0v) is 13.8. The van der Waals surface area contributed by atoms with E-state index in [1.807, 2.05) is 6.07 Å². The molecule has 0 aliphatic carbocycles. The average molecular weight is 400 g/mol. The minimum Gasteiger partial charge on any atom is -0.497 e. The fraction of sp³-hybridized carbons (Fsp3) is 0.0714. The summed E-state index contributed by atoms with van der Waals surface area (Å²) in [6, 6.07) is 10.4. The molecule has 0 unspecified atom stereocenters. The molecule has 0 fully saturated rings. The summed E-state index contributed by atoms with van der Waals surface area (Å²) in [5, 5.41) is 2.79. The van der Waals surface area contributed by atoms with Crippen LogP contribution in [0.15, 0.2) is 45.3 Å². The largest absolute Gasteiger partial charge is 0.497 e. The van der Waals surface area contributed by atoms with Gasteiger partial charge >= 0.3 is 0 Å². The van der Waals surface area contributed by atoms with E-state index in [-0.39, 0.29) is 5.91 Å². The number of halogens is 2. The number of rotatable bonds is 3. The minimum absolute atomic E-state index is 0.234. The zero-order valence-electron chi connectivity index (χ0n) is 10.6. The third-order valence-corrected chi connectivity index (χ3v) is 3.76. The van der Waals surface area contributed by atoms with Crippen LogP contribution in [-0.2, 0) is 0 Å². The van der Waals surface area contributed by atoms with Crippen LogP contribution in [0.2, 0.25) is 0 Å². The van der Waals surface area contributed by atoms with Gasteiger partial charge in [0.15, 0.2) is 0 Å². The molecule has 0 aliphatic rings. The van der Waals surface area contributed by atoms with Gasteiger partial charge in [-0.1, -0.05) is 15.9 Å². The Morgan fingerprint density at radius 2 is 1.85 bits per heavy atom. The molecular weight excluding hydrogens is 388 g/mol. The van der Waals surface area contributed by atoms with Crippen molar-refractivity contribution >= 4 is 49.1 Å². The first-order valence-corrected chi connectivity index (χ1v) is 7.30. The highest BCUT2D eigenvalue weighted by atomic mass is 79.9. The predicted molar refractivity (Wildman–Crippen MR) is 87.2 cm³/mol. The number of amides is 1. The third kappa shape index (κ3) is 3.32. The quantitative estimate of drug-likeness (QED) is 0.765. The van der Waals surface area contributed by atoms with Gasteiger partial charge in [0, 0.05) is 14.5 Å². The second-order valence-electron chi connectivity index (χ2n) is 4.03. The maximum Gasteiger partial charge on any atom is 0.255 e. The Hall–Kier alpha value is -1.53. The van der Waals surface area contributed by atoms with E-state index >= 15 is 0 Å². The monoisotopic (exact) mass is 398 g/mol. The maximum absolute atomic E-state index is 12.2. The van der Waals surface area contributed by atoms with Gasteiger partial charge in [-0.15, -0.1) is 0 Å². The molecular formula is C14H12Br2N2O2. The molecule has 4 nitrogen and oxygen atoms in total. The Morgan fingerprint density at radius 3 is 2.40 bits per heavy atom. The molecule has 1 amide bonds. The van der Waals surface area contributed by atoms with Gasteiger partial charge in [-0.25, -0.2) is 0 Å². The predicted octanol–water partition coefficient (Wildman–Crippen LogP) is 4.05. The molecule has 6 heteroatoms. The maximum atomic E-state index is 12.2. The summed E-state index contributed by atoms with van der Waals surface area (Å²) in [5.74, 6) is 0.466. The first kappa shape index (κ1) is 14.9. The van der Waals surface area contributed by atoms with Crippen LogP contribution in [0.4, 0.5) is 11.4 Å². The summed E-state index contributed by atoms with van der Waals surface area (Å²) in [4.78, 5) is 12.2. The van der Waals surface area contributed by atoms with E-state index in [2.05, 4.69) is 37.2 Å². The molecule has 104 valence electrons. The molecule has 0 spiro atoms. The Bertz CT molecular complexity index is 619. The number of methoxy groups -OCH3 is 1. The van der Waals surface area contributed by atoms with Gasteiger partial charge < -0.3 is 15.8 Å². The smallest absolute Gasteiger partial charge is 0.255 e. The lowest BCUT2D eigenvalue weighted by molar-refractivity contribution is 0.102. The number of carbonyl (C=O) groups is 1. The van der Waals surface area contributed by atoms with Gasteiger partial charge in [-0.05, 0) is 52.3 Å². The SMILES string of the molecule is COc1ccc(C(=O)Nc2c(N)cc(Br)cc2Br)cc1. The summed E-state index contributed by atoms with van der Waals surface area (Å²) in [7, 11) is 1.58. The molecule has 0 saturated heterocycles. The lowest BCUT2D eigenvalue weighted by Gasteiger charge is -2.11. The first-order chi connectivity index (χ1) is 9.51. The molecule has 0 saturated carbocycles. The second kappa shape index (κ2) is 6.28. The van der Waals surface area contributed by atoms with E-state index < -0.39 is 0 Å². The number of hydrogen-bond acceptors (Lipinski definition) is 3. The van der Waals surface area contributed by atoms with E-state index in [4.69, 9.17) is 10.5 Å². The second-order valence-corrected chi connectivity index (χ2v) is 5.80. The van der Waals surface area contributed by atoms with Crippen molar-refractivity contribution in [2.45, 2.75) is 0 Å². The number of ether oxygens (including phenoxy) is 1. The lowest BCUT2D eigenvalue weighted by Crippen LogP contribution is -2.13. The summed E-state index contributed by atoms with van der Waals surface area (Å²) in [6.07, 6.45) is 0. The molecule has 0 aliphatic heterocycles. The van der Waals surface area contributed by atoms with Crippen molar-refractivity contribution in [3.05, 3.63) is 50.9 Å². The highest BCUT2D eigenvalue weighted by Crippen LogP contribution is 2.32. The molecule has 2 rings (SSSR count). The number of carbonyl (C=O) groups excluding carboxylic acids is 1. The van der Waals surface area contributed by atoms with E-state index in [0.29, 0.717) is 27.2 Å². The van der Waals surface area contributed by atoms with Crippen molar-refractivity contribution in [3.8, 4) is 5.75 Å². The van der Waals surface area contributed by atoms with Gasteiger partial charge in [0.2, 0.25) is 0 Å². The summed E-state index contributed by atoms with van der Waals surface area (Å²) in [5.41, 5.74) is 7.46. The molecule has 0 aromatic heterocycles. The van der Waals surface area contributed by atoms with E-state index in [9.17, 15) is 4.79 Å². The molecule has 20 heavy (non-hydrogen) atoms. The molecule has 0 heterocycles. The van der Waals surface area contributed by atoms with Gasteiger partial charge in [0.1, 0.15) is 5.75 Å². The summed E-state index contributed by atoms with van der Waals surface area (Å²) < 4.78 is 6.61. The van der Waals surface area contributed by atoms with Crippen LogP contribution >= 0.6 is 31.9 Å². The highest BCUT2D eigenvalue weighted by Gasteiger charge is 2.12. The van der Waals surface area contributed by atoms with Gasteiger partial charge in [-0.3, -0.25) is 4.79 Å². The van der Waals surface area contributed by atoms with Crippen LogP contribution in [0.25, 0.3) is 0 Å². The minimum atomic E-state index is -0.234. The lowest BCUT2D eigenvalue weighted by atomic mass is 10.2. The van der Waals surface area contributed by atoms with Crippen LogP contribution < -0.4 is 15.8 Å². The van der Waals surface area contributed by atoms with Crippen molar-refractivity contribution in [1.29, 1.82) is 0 Å². The van der Waals surface area contributed by atoms with Crippen molar-refractivity contribution in [3.63, 3.8) is 0 Å². The van der Waals surface area contributed by atoms with E-state index in [0.717, 1.165) is 4.47 Å². The van der Waals surface area contributed by atoms with Crippen molar-refractivity contribution < 1.29 is 9.53 Å². The first-order valence-electron chi connectivity index (χ1n) is 5.71. The summed E-state index contributed by atoms with van der Waals surface area (Å²) >= 11 is 6.71. The van der Waals surface area contributed by atoms with Crippen LogP contribution in [0.3, 0.4) is 0 Å². The van der Waals surface area contributed by atoms with Crippen molar-refractivity contribution in [2.75, 3.05) is 18.2 Å². The molecule has 2 aromatic carbocycles. The van der Waals surface area contributed by atoms with Crippen LogP contribution in [0.5, 0.6) is 5.75 Å². The third-order valence-electron chi connectivity index (χ3n) is 2.68. The fourth-order valence-corrected chi connectivity index (χ4v) is 3.01. The molecule has 0 atom stereocenters. The molecule has 0 bridgehead atoms. The van der Waals surface area contributed by atoms with Crippen LogP contribution in [-0.4, -0.2) is 13.0 Å².